The number of carbonyl (C=O) groups is 2. The third kappa shape index (κ3) is 4.08. The predicted octanol–water partition coefficient (Wildman–Crippen LogP) is 2.15. The van der Waals surface area contributed by atoms with E-state index in [1.165, 1.54) is 7.11 Å². The zero-order valence-electron chi connectivity index (χ0n) is 13.1. The number of nitrogens with two attached hydrogens (primary N) is 1. The van der Waals surface area contributed by atoms with Crippen LogP contribution in [0, 0.1) is 6.92 Å². The number of anilines is 2. The lowest BCUT2D eigenvalue weighted by Crippen LogP contribution is -2.23. The van der Waals surface area contributed by atoms with Gasteiger partial charge in [0, 0.05) is 11.6 Å². The highest BCUT2D eigenvalue weighted by Crippen LogP contribution is 2.27. The van der Waals surface area contributed by atoms with Crippen LogP contribution in [0.25, 0.3) is 0 Å². The third-order valence-electron chi connectivity index (χ3n) is 3.32. The van der Waals surface area contributed by atoms with Gasteiger partial charge in [-0.15, -0.1) is 0 Å². The van der Waals surface area contributed by atoms with Crippen LogP contribution >= 0.6 is 0 Å². The molecule has 0 aromatic heterocycles. The van der Waals surface area contributed by atoms with E-state index in [-0.39, 0.29) is 18.4 Å². The van der Waals surface area contributed by atoms with Gasteiger partial charge in [0.1, 0.15) is 5.75 Å². The quantitative estimate of drug-likeness (QED) is 0.788. The minimum atomic E-state index is -0.357. The molecule has 0 aliphatic carbocycles. The topological polar surface area (TPSA) is 93.5 Å². The minimum absolute atomic E-state index is 0.150. The van der Waals surface area contributed by atoms with Gasteiger partial charge >= 0.3 is 0 Å². The van der Waals surface area contributed by atoms with Crippen LogP contribution in [0.1, 0.15) is 15.9 Å². The summed E-state index contributed by atoms with van der Waals surface area (Å²) < 4.78 is 5.14. The highest BCUT2D eigenvalue weighted by molar-refractivity contribution is 6.08. The first-order valence-corrected chi connectivity index (χ1v) is 7.10. The predicted molar refractivity (Wildman–Crippen MR) is 89.8 cm³/mol. The maximum Gasteiger partial charge on any atom is 0.255 e. The molecule has 6 nitrogen and oxygen atoms in total. The Morgan fingerprint density at radius 1 is 1.09 bits per heavy atom. The van der Waals surface area contributed by atoms with Gasteiger partial charge in [0.2, 0.25) is 5.91 Å². The lowest BCUT2D eigenvalue weighted by Gasteiger charge is -2.14. The molecule has 4 N–H and O–H groups in total. The van der Waals surface area contributed by atoms with Crippen LogP contribution < -0.4 is 21.1 Å². The van der Waals surface area contributed by atoms with Gasteiger partial charge < -0.3 is 21.1 Å². The van der Waals surface area contributed by atoms with Crippen molar-refractivity contribution in [3.63, 3.8) is 0 Å². The number of hydrogen-bond acceptors (Lipinski definition) is 4. The van der Waals surface area contributed by atoms with Gasteiger partial charge in [-0.05, 0) is 30.7 Å². The Labute approximate surface area is 134 Å². The molecule has 0 fully saturated rings. The molecule has 0 bridgehead atoms. The average Bonchev–Trinajstić information content (AvgIpc) is 2.56. The molecule has 2 aromatic carbocycles. The molecule has 0 spiro atoms. The molecule has 0 atom stereocenters. The summed E-state index contributed by atoms with van der Waals surface area (Å²) in [5, 5.41) is 5.45. The second kappa shape index (κ2) is 7.42. The highest BCUT2D eigenvalue weighted by atomic mass is 16.5. The second-order valence-corrected chi connectivity index (χ2v) is 4.93. The molecule has 0 saturated carbocycles. The number of benzene rings is 2. The van der Waals surface area contributed by atoms with Gasteiger partial charge in [0.25, 0.3) is 5.91 Å². The number of carbonyl (C=O) groups excluding carboxylic acids is 2. The summed E-state index contributed by atoms with van der Waals surface area (Å²) >= 11 is 0. The van der Waals surface area contributed by atoms with Crippen molar-refractivity contribution < 1.29 is 14.3 Å². The first-order chi connectivity index (χ1) is 11.0. The van der Waals surface area contributed by atoms with E-state index < -0.39 is 0 Å². The first kappa shape index (κ1) is 16.5. The first-order valence-electron chi connectivity index (χ1n) is 7.10. The van der Waals surface area contributed by atoms with E-state index in [0.717, 1.165) is 5.56 Å². The molecule has 0 aliphatic rings. The van der Waals surface area contributed by atoms with E-state index in [4.69, 9.17) is 10.5 Å². The Balaban J connectivity index is 2.29. The molecule has 23 heavy (non-hydrogen) atoms. The molecule has 0 aliphatic heterocycles. The van der Waals surface area contributed by atoms with E-state index in [1.807, 2.05) is 19.1 Å². The van der Waals surface area contributed by atoms with Crippen molar-refractivity contribution in [2.24, 2.45) is 5.73 Å². The molecule has 0 saturated heterocycles. The van der Waals surface area contributed by atoms with Crippen molar-refractivity contribution in [1.82, 2.24) is 0 Å². The number of aryl methyl sites for hydroxylation is 1. The van der Waals surface area contributed by atoms with E-state index >= 15 is 0 Å². The molecular formula is C17H19N3O3. The van der Waals surface area contributed by atoms with Crippen LogP contribution in [-0.4, -0.2) is 25.5 Å². The zero-order valence-corrected chi connectivity index (χ0v) is 13.1. The van der Waals surface area contributed by atoms with E-state index in [0.29, 0.717) is 22.7 Å². The summed E-state index contributed by atoms with van der Waals surface area (Å²) in [6.07, 6.45) is 0. The third-order valence-corrected chi connectivity index (χ3v) is 3.32. The van der Waals surface area contributed by atoms with Crippen LogP contribution in [0.3, 0.4) is 0 Å². The molecule has 2 aromatic rings. The van der Waals surface area contributed by atoms with Crippen LogP contribution in [-0.2, 0) is 4.79 Å². The fraction of sp³-hybridized carbons (Fsp3) is 0.176. The van der Waals surface area contributed by atoms with Gasteiger partial charge in [-0.1, -0.05) is 18.2 Å². The van der Waals surface area contributed by atoms with Gasteiger partial charge in [0.05, 0.1) is 25.0 Å². The van der Waals surface area contributed by atoms with Crippen molar-refractivity contribution in [3.8, 4) is 5.75 Å². The van der Waals surface area contributed by atoms with Gasteiger partial charge in [-0.3, -0.25) is 9.59 Å². The average molecular weight is 313 g/mol. The molecule has 0 heterocycles. The zero-order chi connectivity index (χ0) is 16.8. The summed E-state index contributed by atoms with van der Waals surface area (Å²) in [5.74, 6) is -0.0487. The maximum absolute atomic E-state index is 12.4. The summed E-state index contributed by atoms with van der Waals surface area (Å²) in [6, 6.07) is 12.3. The van der Waals surface area contributed by atoms with E-state index in [2.05, 4.69) is 10.6 Å². The summed E-state index contributed by atoms with van der Waals surface area (Å²) in [4.78, 5) is 24.0. The smallest absolute Gasteiger partial charge is 0.255 e. The lowest BCUT2D eigenvalue weighted by molar-refractivity contribution is -0.114. The number of hydrogen-bond donors (Lipinski definition) is 3. The van der Waals surface area contributed by atoms with Crippen molar-refractivity contribution in [2.75, 3.05) is 24.3 Å². The van der Waals surface area contributed by atoms with Crippen LogP contribution in [0.4, 0.5) is 11.4 Å². The Morgan fingerprint density at radius 2 is 1.83 bits per heavy atom. The Hall–Kier alpha value is -2.86. The molecule has 120 valence electrons. The largest absolute Gasteiger partial charge is 0.497 e. The molecule has 0 unspecified atom stereocenters. The van der Waals surface area contributed by atoms with Gasteiger partial charge in [-0.25, -0.2) is 0 Å². The van der Waals surface area contributed by atoms with Crippen molar-refractivity contribution >= 4 is 23.2 Å². The summed E-state index contributed by atoms with van der Waals surface area (Å²) in [6.45, 7) is 1.71. The number of ether oxygens (including phenoxy) is 1. The lowest BCUT2D eigenvalue weighted by atomic mass is 10.1. The van der Waals surface area contributed by atoms with Gasteiger partial charge in [-0.2, -0.15) is 0 Å². The number of amides is 2. The molecule has 0 radical (unpaired) electrons. The summed E-state index contributed by atoms with van der Waals surface area (Å²) in [7, 11) is 1.52. The summed E-state index contributed by atoms with van der Waals surface area (Å²) in [5.41, 5.74) is 7.66. The Morgan fingerprint density at radius 3 is 2.48 bits per heavy atom. The standard InChI is InChI=1S/C17H19N3O3/c1-11-5-3-4-6-13(11)17(22)20-14-8-7-12(23-2)9-15(14)19-16(21)10-18/h3-9H,10,18H2,1-2H3,(H,19,21)(H,20,22). The molecule has 2 rings (SSSR count). The van der Waals surface area contributed by atoms with E-state index in [1.54, 1.807) is 30.3 Å². The van der Waals surface area contributed by atoms with Crippen molar-refractivity contribution in [3.05, 3.63) is 53.6 Å². The van der Waals surface area contributed by atoms with Crippen LogP contribution in [0.15, 0.2) is 42.5 Å². The van der Waals surface area contributed by atoms with Crippen molar-refractivity contribution in [2.45, 2.75) is 6.92 Å². The Bertz CT molecular complexity index is 729. The maximum atomic E-state index is 12.4. The van der Waals surface area contributed by atoms with E-state index in [9.17, 15) is 9.59 Å². The number of methoxy groups -OCH3 is 1. The fourth-order valence-corrected chi connectivity index (χ4v) is 2.08. The van der Waals surface area contributed by atoms with Crippen LogP contribution in [0.5, 0.6) is 5.75 Å². The number of rotatable bonds is 5. The van der Waals surface area contributed by atoms with Crippen LogP contribution in [0.2, 0.25) is 0 Å². The molecular weight excluding hydrogens is 294 g/mol. The Kier molecular flexibility index (Phi) is 5.32. The van der Waals surface area contributed by atoms with Gasteiger partial charge in [0.15, 0.2) is 0 Å². The molecule has 6 heteroatoms. The second-order valence-electron chi connectivity index (χ2n) is 4.93. The SMILES string of the molecule is COc1ccc(NC(=O)c2ccccc2C)c(NC(=O)CN)c1. The van der Waals surface area contributed by atoms with Crippen molar-refractivity contribution in [1.29, 1.82) is 0 Å². The molecule has 2 amide bonds. The monoisotopic (exact) mass is 313 g/mol. The highest BCUT2D eigenvalue weighted by Gasteiger charge is 2.13. The number of nitrogens with one attached hydrogen (secondary N) is 2. The minimum Gasteiger partial charge on any atom is -0.497 e. The fourth-order valence-electron chi connectivity index (χ4n) is 2.08. The normalized spacial score (nSPS) is 10.0.